The molecule has 0 aliphatic heterocycles. The number of nitrogens with two attached hydrogens (primary N) is 2. The quantitative estimate of drug-likeness (QED) is 0.434. The molecule has 1 amide bonds. The van der Waals surface area contributed by atoms with E-state index in [9.17, 15) is 9.59 Å². The number of hydrogen-bond acceptors (Lipinski definition) is 7. The van der Waals surface area contributed by atoms with E-state index in [1.54, 1.807) is 4.57 Å². The Balaban J connectivity index is 0.000000172. The first-order valence-corrected chi connectivity index (χ1v) is 10.2. The molecule has 166 valence electrons. The van der Waals surface area contributed by atoms with Gasteiger partial charge in [-0.25, -0.2) is 9.97 Å². The number of aryl methyl sites for hydroxylation is 2. The number of anilines is 1. The van der Waals surface area contributed by atoms with Gasteiger partial charge in [-0.3, -0.25) is 14.2 Å². The van der Waals surface area contributed by atoms with Crippen molar-refractivity contribution in [2.45, 2.75) is 20.3 Å². The van der Waals surface area contributed by atoms with Crippen molar-refractivity contribution in [1.29, 1.82) is 0 Å². The van der Waals surface area contributed by atoms with Gasteiger partial charge in [0.15, 0.2) is 5.82 Å². The minimum Gasteiger partial charge on any atom is -0.381 e. The van der Waals surface area contributed by atoms with Crippen LogP contribution in [0.5, 0.6) is 0 Å². The summed E-state index contributed by atoms with van der Waals surface area (Å²) >= 11 is 0. The smallest absolute Gasteiger partial charge is 0.266 e. The molecule has 33 heavy (non-hydrogen) atoms. The van der Waals surface area contributed by atoms with Crippen LogP contribution in [0.25, 0.3) is 22.1 Å². The molecule has 0 saturated carbocycles. The number of amides is 1. The molecule has 0 bridgehead atoms. The van der Waals surface area contributed by atoms with Crippen LogP contribution in [0.3, 0.4) is 0 Å². The van der Waals surface area contributed by atoms with Gasteiger partial charge in [0, 0.05) is 6.42 Å². The molecule has 3 heterocycles. The summed E-state index contributed by atoms with van der Waals surface area (Å²) in [6, 6.07) is 15.5. The lowest BCUT2D eigenvalue weighted by Gasteiger charge is -2.13. The lowest BCUT2D eigenvalue weighted by molar-refractivity contribution is 0.100. The molecule has 0 fully saturated rings. The first kappa shape index (κ1) is 21.6. The molecule has 0 unspecified atom stereocenters. The van der Waals surface area contributed by atoms with Gasteiger partial charge in [0.1, 0.15) is 23.2 Å². The highest BCUT2D eigenvalue weighted by molar-refractivity contribution is 6.03. The fourth-order valence-corrected chi connectivity index (χ4v) is 3.60. The Kier molecular flexibility index (Phi) is 5.81. The molecule has 3 aromatic heterocycles. The summed E-state index contributed by atoms with van der Waals surface area (Å²) in [6.45, 7) is 3.97. The average Bonchev–Trinajstić information content (AvgIpc) is 3.15. The first-order chi connectivity index (χ1) is 15.9. The van der Waals surface area contributed by atoms with Crippen molar-refractivity contribution in [2.75, 3.05) is 5.73 Å². The van der Waals surface area contributed by atoms with Crippen LogP contribution in [0.2, 0.25) is 0 Å². The number of rotatable bonds is 3. The molecule has 0 saturated heterocycles. The number of aromatic nitrogens is 6. The van der Waals surface area contributed by atoms with Crippen molar-refractivity contribution in [2.24, 2.45) is 5.73 Å². The molecule has 5 aromatic rings. The van der Waals surface area contributed by atoms with E-state index >= 15 is 0 Å². The van der Waals surface area contributed by atoms with Gasteiger partial charge in [-0.1, -0.05) is 37.3 Å². The Morgan fingerprint density at radius 3 is 2.55 bits per heavy atom. The SMILES string of the molecule is CCc1nc2cccc(C)c2c(=O)n1-c1ccccc1.NC(=O)c1c(N)nn2ncncc12. The minimum absolute atomic E-state index is 0.0103. The molecule has 10 heteroatoms. The Morgan fingerprint density at radius 1 is 1.09 bits per heavy atom. The molecule has 10 nitrogen and oxygen atoms in total. The second-order valence-corrected chi connectivity index (χ2v) is 7.24. The summed E-state index contributed by atoms with van der Waals surface area (Å²) in [5.74, 6) is 0.217. The highest BCUT2D eigenvalue weighted by Crippen LogP contribution is 2.16. The summed E-state index contributed by atoms with van der Waals surface area (Å²) in [6.07, 6.45) is 3.44. The standard InChI is InChI=1S/C17H16N2O.C6H6N6O/c1-3-15-18-14-11-7-8-12(2)16(14)17(20)19(15)13-9-5-4-6-10-13;7-5-4(6(8)13)3-1-9-2-10-12(3)11-5/h4-11H,3H2,1-2H3;1-2H,(H2,7,11)(H2,8,13). The first-order valence-electron chi connectivity index (χ1n) is 10.2. The fourth-order valence-electron chi connectivity index (χ4n) is 3.60. The Hall–Kier alpha value is -4.60. The van der Waals surface area contributed by atoms with Crippen LogP contribution < -0.4 is 17.0 Å². The maximum atomic E-state index is 12.9. The van der Waals surface area contributed by atoms with E-state index in [-0.39, 0.29) is 16.9 Å². The maximum absolute atomic E-state index is 12.9. The number of primary amides is 1. The predicted octanol–water partition coefficient (Wildman–Crippen LogP) is 2.06. The van der Waals surface area contributed by atoms with Crippen molar-refractivity contribution < 1.29 is 4.79 Å². The third-order valence-electron chi connectivity index (χ3n) is 5.11. The number of para-hydroxylation sites is 1. The number of carbonyl (C=O) groups is 1. The van der Waals surface area contributed by atoms with E-state index in [1.165, 1.54) is 17.2 Å². The summed E-state index contributed by atoms with van der Waals surface area (Å²) in [5, 5.41) is 8.23. The van der Waals surface area contributed by atoms with Crippen molar-refractivity contribution in [3.8, 4) is 5.69 Å². The second kappa shape index (κ2) is 8.87. The van der Waals surface area contributed by atoms with E-state index in [0.29, 0.717) is 17.3 Å². The third-order valence-corrected chi connectivity index (χ3v) is 5.11. The number of benzene rings is 2. The number of fused-ring (bicyclic) bond motifs is 2. The van der Waals surface area contributed by atoms with Crippen LogP contribution in [-0.2, 0) is 6.42 Å². The molecule has 4 N–H and O–H groups in total. The monoisotopic (exact) mass is 442 g/mol. The largest absolute Gasteiger partial charge is 0.381 e. The van der Waals surface area contributed by atoms with Crippen LogP contribution >= 0.6 is 0 Å². The fraction of sp³-hybridized carbons (Fsp3) is 0.130. The van der Waals surface area contributed by atoms with Gasteiger partial charge >= 0.3 is 0 Å². The Morgan fingerprint density at radius 2 is 1.85 bits per heavy atom. The molecule has 0 radical (unpaired) electrons. The normalized spacial score (nSPS) is 10.7. The van der Waals surface area contributed by atoms with Crippen LogP contribution in [0.4, 0.5) is 5.82 Å². The highest BCUT2D eigenvalue weighted by Gasteiger charge is 2.15. The summed E-state index contributed by atoms with van der Waals surface area (Å²) in [5.41, 5.74) is 13.7. The van der Waals surface area contributed by atoms with E-state index in [4.69, 9.17) is 11.5 Å². The summed E-state index contributed by atoms with van der Waals surface area (Å²) in [4.78, 5) is 32.2. The van der Waals surface area contributed by atoms with Crippen molar-refractivity contribution in [3.05, 3.63) is 88.4 Å². The van der Waals surface area contributed by atoms with Gasteiger partial charge in [0.05, 0.1) is 22.8 Å². The molecular formula is C23H22N8O2. The van der Waals surface area contributed by atoms with Gasteiger partial charge in [-0.2, -0.15) is 0 Å². The van der Waals surface area contributed by atoms with Crippen LogP contribution in [-0.4, -0.2) is 35.3 Å². The average molecular weight is 442 g/mol. The second-order valence-electron chi connectivity index (χ2n) is 7.24. The Labute approximate surface area is 188 Å². The number of nitrogen functional groups attached to an aromatic ring is 1. The van der Waals surface area contributed by atoms with Gasteiger partial charge in [0.2, 0.25) is 0 Å². The lowest BCUT2D eigenvalue weighted by atomic mass is 10.1. The minimum atomic E-state index is -0.637. The van der Waals surface area contributed by atoms with Crippen molar-refractivity contribution in [3.63, 3.8) is 0 Å². The molecule has 2 aromatic carbocycles. The molecule has 0 atom stereocenters. The third kappa shape index (κ3) is 4.01. The van der Waals surface area contributed by atoms with E-state index in [1.807, 2.05) is 62.4 Å². The van der Waals surface area contributed by atoms with Gasteiger partial charge in [-0.15, -0.1) is 14.8 Å². The highest BCUT2D eigenvalue weighted by atomic mass is 16.1. The molecule has 0 aliphatic carbocycles. The number of hydrogen-bond donors (Lipinski definition) is 2. The summed E-state index contributed by atoms with van der Waals surface area (Å²) < 4.78 is 2.93. The van der Waals surface area contributed by atoms with Crippen molar-refractivity contribution in [1.82, 2.24) is 29.4 Å². The van der Waals surface area contributed by atoms with E-state index in [0.717, 1.165) is 22.6 Å². The van der Waals surface area contributed by atoms with Gasteiger partial charge in [0.25, 0.3) is 11.5 Å². The zero-order valence-corrected chi connectivity index (χ0v) is 18.1. The maximum Gasteiger partial charge on any atom is 0.266 e. The Bertz CT molecular complexity index is 1520. The lowest BCUT2D eigenvalue weighted by Crippen LogP contribution is -2.24. The van der Waals surface area contributed by atoms with Crippen LogP contribution in [0.1, 0.15) is 28.7 Å². The van der Waals surface area contributed by atoms with Crippen LogP contribution in [0.15, 0.2) is 65.8 Å². The molecule has 5 rings (SSSR count). The number of nitrogens with zero attached hydrogens (tertiary/aromatic N) is 6. The zero-order valence-electron chi connectivity index (χ0n) is 18.1. The summed E-state index contributed by atoms with van der Waals surface area (Å²) in [7, 11) is 0. The van der Waals surface area contributed by atoms with E-state index < -0.39 is 5.91 Å². The van der Waals surface area contributed by atoms with Crippen molar-refractivity contribution >= 4 is 28.1 Å². The van der Waals surface area contributed by atoms with E-state index in [2.05, 4.69) is 20.2 Å². The predicted molar refractivity (Wildman–Crippen MR) is 125 cm³/mol. The van der Waals surface area contributed by atoms with Crippen LogP contribution in [0, 0.1) is 6.92 Å². The van der Waals surface area contributed by atoms with Gasteiger partial charge < -0.3 is 11.5 Å². The van der Waals surface area contributed by atoms with Gasteiger partial charge in [-0.05, 0) is 30.7 Å². The molecule has 0 spiro atoms. The molecular weight excluding hydrogens is 420 g/mol. The topological polar surface area (TPSA) is 147 Å². The zero-order chi connectivity index (χ0) is 23.5. The number of carbonyl (C=O) groups excluding carboxylic acids is 1. The molecule has 0 aliphatic rings.